The van der Waals surface area contributed by atoms with Crippen molar-refractivity contribution in [3.05, 3.63) is 16.8 Å². The highest BCUT2D eigenvalue weighted by molar-refractivity contribution is 6.33. The number of amides is 1. The van der Waals surface area contributed by atoms with Gasteiger partial charge in [-0.15, -0.1) is 0 Å². The molecule has 1 aromatic heterocycles. The van der Waals surface area contributed by atoms with Crippen molar-refractivity contribution < 1.29 is 4.79 Å². The van der Waals surface area contributed by atoms with E-state index in [9.17, 15) is 4.79 Å². The summed E-state index contributed by atoms with van der Waals surface area (Å²) in [5.74, 6) is 0.767. The second-order valence-corrected chi connectivity index (χ2v) is 5.44. The zero-order chi connectivity index (χ0) is 13.6. The molecule has 19 heavy (non-hydrogen) atoms. The highest BCUT2D eigenvalue weighted by Crippen LogP contribution is 2.31. The molecule has 0 aliphatic carbocycles. The standard InChI is InChI=1S/C12H16ClN5O/c1-7(2)18-12(8(13)6-14-18)9-5-10-15-11(19)3-4-17(10)16-9/h5,7,14H,3-4,6H2,1-2H3,(H,15,19). The Balaban J connectivity index is 1.98. The SMILES string of the molecule is CC(C)N1NCC(Cl)=C1c1cc2n(n1)CCC(=O)N2. The third-order valence-corrected chi connectivity index (χ3v) is 3.57. The smallest absolute Gasteiger partial charge is 0.227 e. The van der Waals surface area contributed by atoms with Crippen molar-refractivity contribution in [2.75, 3.05) is 11.9 Å². The molecule has 0 saturated heterocycles. The molecule has 1 aromatic rings. The Hall–Kier alpha value is -1.53. The fourth-order valence-electron chi connectivity index (χ4n) is 2.37. The normalized spacial score (nSPS) is 19.2. The van der Waals surface area contributed by atoms with Gasteiger partial charge in [-0.2, -0.15) is 5.10 Å². The van der Waals surface area contributed by atoms with Crippen LogP contribution in [0.4, 0.5) is 5.82 Å². The Kier molecular flexibility index (Phi) is 2.99. The molecule has 0 atom stereocenters. The first-order valence-corrected chi connectivity index (χ1v) is 6.73. The molecule has 0 fully saturated rings. The van der Waals surface area contributed by atoms with Crippen LogP contribution in [0.15, 0.2) is 11.1 Å². The van der Waals surface area contributed by atoms with E-state index in [-0.39, 0.29) is 11.9 Å². The van der Waals surface area contributed by atoms with E-state index in [1.165, 1.54) is 0 Å². The number of hydrogen-bond donors (Lipinski definition) is 2. The number of carbonyl (C=O) groups excluding carboxylic acids is 1. The largest absolute Gasteiger partial charge is 0.311 e. The van der Waals surface area contributed by atoms with E-state index >= 15 is 0 Å². The number of carbonyl (C=O) groups is 1. The topological polar surface area (TPSA) is 62.2 Å². The average Bonchev–Trinajstić information content (AvgIpc) is 2.91. The molecule has 0 saturated carbocycles. The molecule has 0 unspecified atom stereocenters. The molecule has 3 heterocycles. The van der Waals surface area contributed by atoms with E-state index in [4.69, 9.17) is 11.6 Å². The number of anilines is 1. The number of hydrogen-bond acceptors (Lipinski definition) is 4. The lowest BCUT2D eigenvalue weighted by molar-refractivity contribution is -0.116. The molecule has 102 valence electrons. The molecule has 7 heteroatoms. The van der Waals surface area contributed by atoms with Crippen LogP contribution < -0.4 is 10.7 Å². The summed E-state index contributed by atoms with van der Waals surface area (Å²) in [6.07, 6.45) is 0.465. The number of nitrogens with zero attached hydrogens (tertiary/aromatic N) is 3. The number of fused-ring (bicyclic) bond motifs is 1. The van der Waals surface area contributed by atoms with E-state index in [1.54, 1.807) is 0 Å². The van der Waals surface area contributed by atoms with Gasteiger partial charge in [0.15, 0.2) is 0 Å². The molecule has 2 aliphatic heterocycles. The van der Waals surface area contributed by atoms with Crippen molar-refractivity contribution in [1.29, 1.82) is 0 Å². The van der Waals surface area contributed by atoms with Crippen molar-refractivity contribution in [2.45, 2.75) is 32.9 Å². The van der Waals surface area contributed by atoms with Crippen LogP contribution in [0.1, 0.15) is 26.0 Å². The van der Waals surface area contributed by atoms with Gasteiger partial charge in [-0.05, 0) is 13.8 Å². The van der Waals surface area contributed by atoms with Crippen LogP contribution in [0.25, 0.3) is 5.70 Å². The van der Waals surface area contributed by atoms with E-state index in [0.29, 0.717) is 19.5 Å². The Morgan fingerprint density at radius 2 is 2.26 bits per heavy atom. The van der Waals surface area contributed by atoms with Crippen molar-refractivity contribution in [3.8, 4) is 0 Å². The molecule has 0 spiro atoms. The van der Waals surface area contributed by atoms with Crippen LogP contribution >= 0.6 is 11.6 Å². The predicted molar refractivity (Wildman–Crippen MR) is 73.2 cm³/mol. The van der Waals surface area contributed by atoms with E-state index in [2.05, 4.69) is 29.7 Å². The number of rotatable bonds is 2. The monoisotopic (exact) mass is 281 g/mol. The molecule has 6 nitrogen and oxygen atoms in total. The van der Waals surface area contributed by atoms with E-state index in [1.807, 2.05) is 15.8 Å². The summed E-state index contributed by atoms with van der Waals surface area (Å²) < 4.78 is 1.81. The summed E-state index contributed by atoms with van der Waals surface area (Å²) in [6.45, 7) is 5.39. The Morgan fingerprint density at radius 1 is 1.47 bits per heavy atom. The van der Waals surface area contributed by atoms with Crippen molar-refractivity contribution in [3.63, 3.8) is 0 Å². The minimum atomic E-state index is 0.0317. The highest BCUT2D eigenvalue weighted by atomic mass is 35.5. The maximum atomic E-state index is 11.4. The predicted octanol–water partition coefficient (Wildman–Crippen LogP) is 1.36. The Bertz CT molecular complexity index is 562. The van der Waals surface area contributed by atoms with Crippen LogP contribution in [0, 0.1) is 0 Å². The van der Waals surface area contributed by atoms with E-state index < -0.39 is 0 Å². The van der Waals surface area contributed by atoms with Crippen LogP contribution in [-0.4, -0.2) is 33.3 Å². The van der Waals surface area contributed by atoms with Gasteiger partial charge >= 0.3 is 0 Å². The molecule has 1 amide bonds. The summed E-state index contributed by atoms with van der Waals surface area (Å²) in [6, 6.07) is 2.15. The van der Waals surface area contributed by atoms with Gasteiger partial charge in [0.25, 0.3) is 0 Å². The van der Waals surface area contributed by atoms with Crippen LogP contribution in [0.2, 0.25) is 0 Å². The third kappa shape index (κ3) is 2.11. The van der Waals surface area contributed by atoms with E-state index in [0.717, 1.165) is 22.2 Å². The van der Waals surface area contributed by atoms with Gasteiger partial charge in [0, 0.05) is 18.5 Å². The number of aromatic nitrogens is 2. The first-order chi connectivity index (χ1) is 9.06. The number of nitrogens with one attached hydrogen (secondary N) is 2. The number of aryl methyl sites for hydroxylation is 1. The summed E-state index contributed by atoms with van der Waals surface area (Å²) in [4.78, 5) is 11.4. The fraction of sp³-hybridized carbons (Fsp3) is 0.500. The van der Waals surface area contributed by atoms with Crippen LogP contribution in [0.3, 0.4) is 0 Å². The summed E-state index contributed by atoms with van der Waals surface area (Å²) >= 11 is 6.28. The second-order valence-electron chi connectivity index (χ2n) is 4.99. The molecule has 3 rings (SSSR count). The van der Waals surface area contributed by atoms with Gasteiger partial charge in [-0.3, -0.25) is 4.79 Å². The maximum Gasteiger partial charge on any atom is 0.227 e. The molecule has 0 aromatic carbocycles. The number of halogens is 1. The van der Waals surface area contributed by atoms with Crippen LogP contribution in [-0.2, 0) is 11.3 Å². The van der Waals surface area contributed by atoms with Gasteiger partial charge < -0.3 is 10.3 Å². The van der Waals surface area contributed by atoms with Crippen LogP contribution in [0.5, 0.6) is 0 Å². The summed E-state index contributed by atoms with van der Waals surface area (Å²) in [5, 5.41) is 10.1. The first kappa shape index (κ1) is 12.5. The molecule has 0 radical (unpaired) electrons. The molecular formula is C12H16ClN5O. The number of hydrazine groups is 1. The lowest BCUT2D eigenvalue weighted by Gasteiger charge is -2.25. The van der Waals surface area contributed by atoms with Gasteiger partial charge in [0.2, 0.25) is 5.91 Å². The summed E-state index contributed by atoms with van der Waals surface area (Å²) in [7, 11) is 0. The lowest BCUT2D eigenvalue weighted by atomic mass is 10.2. The first-order valence-electron chi connectivity index (χ1n) is 6.35. The van der Waals surface area contributed by atoms with Gasteiger partial charge in [-0.25, -0.2) is 10.1 Å². The summed E-state index contributed by atoms with van der Waals surface area (Å²) in [5.41, 5.74) is 4.92. The molecular weight excluding hydrogens is 266 g/mol. The molecule has 2 aliphatic rings. The average molecular weight is 282 g/mol. The maximum absolute atomic E-state index is 11.4. The van der Waals surface area contributed by atoms with Gasteiger partial charge in [-0.1, -0.05) is 11.6 Å². The third-order valence-electron chi connectivity index (χ3n) is 3.26. The minimum absolute atomic E-state index is 0.0317. The molecule has 0 bridgehead atoms. The van der Waals surface area contributed by atoms with Crippen molar-refractivity contribution in [2.24, 2.45) is 0 Å². The van der Waals surface area contributed by atoms with Gasteiger partial charge in [0.1, 0.15) is 11.5 Å². The zero-order valence-corrected chi connectivity index (χ0v) is 11.7. The fourth-order valence-corrected chi connectivity index (χ4v) is 2.62. The van der Waals surface area contributed by atoms with Crippen molar-refractivity contribution in [1.82, 2.24) is 20.2 Å². The van der Waals surface area contributed by atoms with Gasteiger partial charge in [0.05, 0.1) is 23.8 Å². The Labute approximate surface area is 116 Å². The lowest BCUT2D eigenvalue weighted by Crippen LogP contribution is -2.37. The molecule has 2 N–H and O–H groups in total. The van der Waals surface area contributed by atoms with Crippen molar-refractivity contribution >= 4 is 29.0 Å². The minimum Gasteiger partial charge on any atom is -0.311 e. The second kappa shape index (κ2) is 4.54. The quantitative estimate of drug-likeness (QED) is 0.859. The highest BCUT2D eigenvalue weighted by Gasteiger charge is 2.28. The Morgan fingerprint density at radius 3 is 3.00 bits per heavy atom. The zero-order valence-electron chi connectivity index (χ0n) is 10.9.